The van der Waals surface area contributed by atoms with Crippen molar-refractivity contribution in [2.24, 2.45) is 10.7 Å². The summed E-state index contributed by atoms with van der Waals surface area (Å²) in [6.07, 6.45) is -3.38. The van der Waals surface area contributed by atoms with Gasteiger partial charge in [-0.1, -0.05) is 11.6 Å². The maximum Gasteiger partial charge on any atom is 0.424 e. The molecule has 3 N–H and O–H groups in total. The summed E-state index contributed by atoms with van der Waals surface area (Å²) in [6.45, 7) is 2.04. The number of halogens is 5. The maximum absolute atomic E-state index is 14.8. The monoisotopic (exact) mass is 542 g/mol. The predicted molar refractivity (Wildman–Crippen MR) is 128 cm³/mol. The molecule has 0 radical (unpaired) electrons. The van der Waals surface area contributed by atoms with Gasteiger partial charge in [0.2, 0.25) is 5.60 Å². The van der Waals surface area contributed by atoms with Gasteiger partial charge in [-0.05, 0) is 38.1 Å². The van der Waals surface area contributed by atoms with Gasteiger partial charge in [0.05, 0.1) is 29.3 Å². The van der Waals surface area contributed by atoms with Crippen LogP contribution in [0.2, 0.25) is 5.02 Å². The first-order chi connectivity index (χ1) is 17.3. The SMILES string of the molecule is COCCn1c(C(=O)Nc2ccc(F)c([C@]3(C)CO[C@@](C)(C(F)(F)F)C(N)=N3)n2)cc2ncc(Cl)cc21. The summed E-state index contributed by atoms with van der Waals surface area (Å²) in [7, 11) is 1.52. The normalized spacial score (nSPS) is 22.2. The van der Waals surface area contributed by atoms with E-state index in [0.717, 1.165) is 13.0 Å². The molecule has 37 heavy (non-hydrogen) atoms. The number of fused-ring (bicyclic) bond motifs is 1. The van der Waals surface area contributed by atoms with Crippen molar-refractivity contribution in [1.29, 1.82) is 0 Å². The first kappa shape index (κ1) is 26.8. The molecule has 4 rings (SSSR count). The number of pyridine rings is 2. The van der Waals surface area contributed by atoms with Crippen LogP contribution in [0.3, 0.4) is 0 Å². The summed E-state index contributed by atoms with van der Waals surface area (Å²) in [5, 5.41) is 2.97. The Morgan fingerprint density at radius 1 is 1.32 bits per heavy atom. The number of nitrogens with one attached hydrogen (secondary N) is 1. The highest BCUT2D eigenvalue weighted by molar-refractivity contribution is 6.31. The lowest BCUT2D eigenvalue weighted by molar-refractivity contribution is -0.249. The van der Waals surface area contributed by atoms with Crippen LogP contribution in [0.5, 0.6) is 0 Å². The number of methoxy groups -OCH3 is 1. The van der Waals surface area contributed by atoms with Gasteiger partial charge in [-0.3, -0.25) is 14.8 Å². The molecule has 0 fully saturated rings. The molecule has 0 bridgehead atoms. The topological polar surface area (TPSA) is 117 Å². The molecule has 0 spiro atoms. The third-order valence-corrected chi connectivity index (χ3v) is 6.31. The molecule has 1 amide bonds. The van der Waals surface area contributed by atoms with Gasteiger partial charge in [0.15, 0.2) is 0 Å². The number of hydrogen-bond donors (Lipinski definition) is 2. The quantitative estimate of drug-likeness (QED) is 0.454. The second-order valence-corrected chi connectivity index (χ2v) is 9.24. The van der Waals surface area contributed by atoms with Crippen molar-refractivity contribution >= 4 is 40.2 Å². The summed E-state index contributed by atoms with van der Waals surface area (Å²) in [5.41, 5.74) is 2.12. The highest BCUT2D eigenvalue weighted by Gasteiger charge is 2.59. The second-order valence-electron chi connectivity index (χ2n) is 8.80. The fourth-order valence-electron chi connectivity index (χ4n) is 3.90. The first-order valence-corrected chi connectivity index (χ1v) is 11.4. The van der Waals surface area contributed by atoms with Crippen LogP contribution in [0.15, 0.2) is 35.5 Å². The predicted octanol–water partition coefficient (Wildman–Crippen LogP) is 4.05. The summed E-state index contributed by atoms with van der Waals surface area (Å²) in [4.78, 5) is 25.5. The summed E-state index contributed by atoms with van der Waals surface area (Å²) in [5.74, 6) is -2.37. The van der Waals surface area contributed by atoms with Gasteiger partial charge < -0.3 is 25.1 Å². The zero-order valence-electron chi connectivity index (χ0n) is 20.0. The molecule has 1 aliphatic heterocycles. The highest BCUT2D eigenvalue weighted by atomic mass is 35.5. The number of nitrogens with zero attached hydrogens (tertiary/aromatic N) is 4. The van der Waals surface area contributed by atoms with Crippen molar-refractivity contribution in [3.05, 3.63) is 52.7 Å². The minimum atomic E-state index is -4.83. The number of alkyl halides is 3. The second kappa shape index (κ2) is 9.54. The van der Waals surface area contributed by atoms with Crippen LogP contribution < -0.4 is 11.1 Å². The molecule has 9 nitrogen and oxygen atoms in total. The van der Waals surface area contributed by atoms with Gasteiger partial charge in [-0.15, -0.1) is 0 Å². The Hall–Kier alpha value is -3.29. The highest BCUT2D eigenvalue weighted by Crippen LogP contribution is 2.41. The van der Waals surface area contributed by atoms with Gasteiger partial charge in [-0.25, -0.2) is 9.37 Å². The van der Waals surface area contributed by atoms with E-state index in [1.807, 2.05) is 0 Å². The van der Waals surface area contributed by atoms with E-state index < -0.39 is 41.5 Å². The van der Waals surface area contributed by atoms with Crippen LogP contribution in [0.1, 0.15) is 30.0 Å². The van der Waals surface area contributed by atoms with Crippen LogP contribution in [-0.4, -0.2) is 58.4 Å². The molecule has 0 unspecified atom stereocenters. The molecule has 4 heterocycles. The van der Waals surface area contributed by atoms with Crippen molar-refractivity contribution in [2.45, 2.75) is 37.7 Å². The number of anilines is 1. The number of hydrogen-bond acceptors (Lipinski definition) is 7. The summed E-state index contributed by atoms with van der Waals surface area (Å²) >= 11 is 6.07. The number of aliphatic imine (C=N–C) groups is 1. The van der Waals surface area contributed by atoms with Crippen molar-refractivity contribution in [2.75, 3.05) is 25.6 Å². The largest absolute Gasteiger partial charge is 0.424 e. The number of amidine groups is 1. The average Bonchev–Trinajstić information content (AvgIpc) is 3.18. The third-order valence-electron chi connectivity index (χ3n) is 6.11. The zero-order chi connectivity index (χ0) is 27.2. The Kier molecular flexibility index (Phi) is 6.90. The van der Waals surface area contributed by atoms with Crippen LogP contribution in [0.25, 0.3) is 11.0 Å². The smallest absolute Gasteiger partial charge is 0.385 e. The van der Waals surface area contributed by atoms with Gasteiger partial charge in [0, 0.05) is 19.9 Å². The number of carbonyl (C=O) groups excluding carboxylic acids is 1. The molecule has 198 valence electrons. The molecule has 3 aromatic heterocycles. The van der Waals surface area contributed by atoms with Crippen LogP contribution in [-0.2, 0) is 21.6 Å². The molecule has 0 aromatic carbocycles. The van der Waals surface area contributed by atoms with Crippen molar-refractivity contribution in [1.82, 2.24) is 14.5 Å². The first-order valence-electron chi connectivity index (χ1n) is 11.0. The van der Waals surface area contributed by atoms with Gasteiger partial charge in [-0.2, -0.15) is 13.2 Å². The number of amides is 1. The number of ether oxygens (including phenoxy) is 2. The molecule has 14 heteroatoms. The standard InChI is InChI=1S/C23H23ClF4N6O3/c1-21(11-37-22(2,20(29)33-21)23(26,27)28)18-13(25)4-5-17(31-18)32-19(35)16-9-14-15(8-12(24)10-30-14)34(16)6-7-36-3/h4-5,8-10H,6-7,11H2,1-3H3,(H2,29,33)(H,31,32,35)/t21-,22+/m0/s1. The number of carbonyl (C=O) groups is 1. The van der Waals surface area contributed by atoms with E-state index in [2.05, 4.69) is 20.3 Å². The molecule has 0 saturated carbocycles. The van der Waals surface area contributed by atoms with Crippen LogP contribution in [0.4, 0.5) is 23.4 Å². The van der Waals surface area contributed by atoms with Crippen LogP contribution >= 0.6 is 11.6 Å². The fraction of sp³-hybridized carbons (Fsp3) is 0.391. The van der Waals surface area contributed by atoms with E-state index in [-0.39, 0.29) is 17.2 Å². The average molecular weight is 543 g/mol. The fourth-order valence-corrected chi connectivity index (χ4v) is 4.05. The van der Waals surface area contributed by atoms with Gasteiger partial charge in [0.25, 0.3) is 5.91 Å². The number of rotatable bonds is 6. The van der Waals surface area contributed by atoms with E-state index in [9.17, 15) is 22.4 Å². The molecule has 1 aliphatic rings. The zero-order valence-corrected chi connectivity index (χ0v) is 20.7. The molecule has 0 saturated heterocycles. The lowest BCUT2D eigenvalue weighted by atomic mass is 9.93. The minimum absolute atomic E-state index is 0.0601. The third kappa shape index (κ3) is 4.86. The molecular weight excluding hydrogens is 520 g/mol. The lowest BCUT2D eigenvalue weighted by Gasteiger charge is -2.40. The Labute approximate surface area is 213 Å². The molecule has 3 aromatic rings. The van der Waals surface area contributed by atoms with Crippen molar-refractivity contribution in [3.8, 4) is 0 Å². The van der Waals surface area contributed by atoms with E-state index >= 15 is 0 Å². The van der Waals surface area contributed by atoms with E-state index in [1.54, 1.807) is 16.7 Å². The van der Waals surface area contributed by atoms with E-state index in [1.165, 1.54) is 26.3 Å². The minimum Gasteiger partial charge on any atom is -0.385 e. The van der Waals surface area contributed by atoms with Crippen LogP contribution in [0, 0.1) is 5.82 Å². The van der Waals surface area contributed by atoms with E-state index in [4.69, 9.17) is 26.8 Å². The Bertz CT molecular complexity index is 1390. The van der Waals surface area contributed by atoms with Crippen molar-refractivity contribution in [3.63, 3.8) is 0 Å². The number of aromatic nitrogens is 3. The van der Waals surface area contributed by atoms with Crippen molar-refractivity contribution < 1.29 is 31.8 Å². The Balaban J connectivity index is 1.67. The Morgan fingerprint density at radius 3 is 2.70 bits per heavy atom. The number of nitrogens with two attached hydrogens (primary N) is 1. The van der Waals surface area contributed by atoms with Gasteiger partial charge in [0.1, 0.15) is 34.4 Å². The van der Waals surface area contributed by atoms with Gasteiger partial charge >= 0.3 is 6.18 Å². The molecule has 0 aliphatic carbocycles. The van der Waals surface area contributed by atoms with E-state index in [0.29, 0.717) is 29.2 Å². The molecule has 2 atom stereocenters. The lowest BCUT2D eigenvalue weighted by Crippen LogP contribution is -2.60. The maximum atomic E-state index is 14.8. The summed E-state index contributed by atoms with van der Waals surface area (Å²) in [6, 6.07) is 5.45. The summed E-state index contributed by atoms with van der Waals surface area (Å²) < 4.78 is 67.0. The Morgan fingerprint density at radius 2 is 2.05 bits per heavy atom. The molecular formula is C23H23ClF4N6O3.